The van der Waals surface area contributed by atoms with Crippen molar-refractivity contribution in [3.05, 3.63) is 34.6 Å². The van der Waals surface area contributed by atoms with Crippen LogP contribution in [-0.4, -0.2) is 0 Å². The molecule has 1 aromatic carbocycles. The average molecular weight is 231 g/mol. The molecule has 86 valence electrons. The van der Waals surface area contributed by atoms with Gasteiger partial charge in [-0.3, -0.25) is 0 Å². The lowest BCUT2D eigenvalue weighted by molar-refractivity contribution is 0.411. The molecule has 0 aromatic heterocycles. The van der Waals surface area contributed by atoms with Gasteiger partial charge in [-0.1, -0.05) is 52.3 Å². The first-order valence-corrected chi connectivity index (χ1v) is 5.70. The summed E-state index contributed by atoms with van der Waals surface area (Å²) in [5.41, 5.74) is 1.19. The summed E-state index contributed by atoms with van der Waals surface area (Å²) in [5.74, 6) is -0.275. The molecule has 0 atom stereocenters. The lowest BCUT2D eigenvalue weighted by Crippen LogP contribution is -2.09. The molecule has 0 amide bonds. The topological polar surface area (TPSA) is 0 Å². The third-order valence-electron chi connectivity index (χ3n) is 1.74. The first-order valence-electron chi connectivity index (χ1n) is 5.32. The van der Waals surface area contributed by atoms with Crippen LogP contribution in [0.2, 0.25) is 5.02 Å². The van der Waals surface area contributed by atoms with Crippen LogP contribution in [0, 0.1) is 11.2 Å². The van der Waals surface area contributed by atoms with Crippen molar-refractivity contribution in [2.45, 2.75) is 41.0 Å². The van der Waals surface area contributed by atoms with E-state index in [1.165, 1.54) is 12.1 Å². The molecular weight excluding hydrogens is 211 g/mol. The van der Waals surface area contributed by atoms with Crippen LogP contribution in [0.25, 0.3) is 0 Å². The molecule has 0 bridgehead atoms. The zero-order valence-electron chi connectivity index (χ0n) is 10.2. The standard InChI is InChI=1S/C11H14ClF.C2H6/c1-11(2,3)7-8-4-5-9(13)6-10(8)12;1-2/h4-6H,7H2,1-3H3;1-2H3. The maximum atomic E-state index is 12.7. The van der Waals surface area contributed by atoms with Gasteiger partial charge < -0.3 is 0 Å². The molecule has 0 N–H and O–H groups in total. The van der Waals surface area contributed by atoms with E-state index in [1.54, 1.807) is 6.07 Å². The molecule has 1 rings (SSSR count). The molecule has 15 heavy (non-hydrogen) atoms. The van der Waals surface area contributed by atoms with Crippen LogP contribution in [0.5, 0.6) is 0 Å². The Hall–Kier alpha value is -0.560. The molecule has 0 unspecified atom stereocenters. The average Bonchev–Trinajstić information content (AvgIpc) is 2.12. The summed E-state index contributed by atoms with van der Waals surface area (Å²) in [7, 11) is 0. The Morgan fingerprint density at radius 3 is 2.13 bits per heavy atom. The Kier molecular flexibility index (Phi) is 5.89. The van der Waals surface area contributed by atoms with Crippen LogP contribution in [0.4, 0.5) is 4.39 Å². The van der Waals surface area contributed by atoms with Gasteiger partial charge in [0.15, 0.2) is 0 Å². The first-order chi connectivity index (χ1) is 6.88. The highest BCUT2D eigenvalue weighted by atomic mass is 35.5. The van der Waals surface area contributed by atoms with Crippen molar-refractivity contribution in [2.75, 3.05) is 0 Å². The fourth-order valence-corrected chi connectivity index (χ4v) is 1.47. The number of hydrogen-bond acceptors (Lipinski definition) is 0. The third kappa shape index (κ3) is 5.78. The van der Waals surface area contributed by atoms with Crippen LogP contribution >= 0.6 is 11.6 Å². The molecule has 0 spiro atoms. The van der Waals surface area contributed by atoms with Gasteiger partial charge in [0.25, 0.3) is 0 Å². The molecule has 0 saturated carbocycles. The molecular formula is C13H20ClF. The van der Waals surface area contributed by atoms with Gasteiger partial charge in [-0.05, 0) is 29.5 Å². The highest BCUT2D eigenvalue weighted by Crippen LogP contribution is 2.26. The second-order valence-electron chi connectivity index (χ2n) is 4.47. The van der Waals surface area contributed by atoms with Gasteiger partial charge in [-0.25, -0.2) is 4.39 Å². The number of rotatable bonds is 1. The Morgan fingerprint density at radius 1 is 1.20 bits per heavy atom. The van der Waals surface area contributed by atoms with E-state index >= 15 is 0 Å². The molecule has 0 fully saturated rings. The summed E-state index contributed by atoms with van der Waals surface area (Å²) in [4.78, 5) is 0. The summed E-state index contributed by atoms with van der Waals surface area (Å²) in [6.07, 6.45) is 0.867. The SMILES string of the molecule is CC.CC(C)(C)Cc1ccc(F)cc1Cl. The van der Waals surface area contributed by atoms with Crippen molar-refractivity contribution in [3.8, 4) is 0 Å². The van der Waals surface area contributed by atoms with Crippen molar-refractivity contribution >= 4 is 11.6 Å². The number of benzene rings is 1. The van der Waals surface area contributed by atoms with Gasteiger partial charge in [0.1, 0.15) is 5.82 Å². The van der Waals surface area contributed by atoms with E-state index < -0.39 is 0 Å². The summed E-state index contributed by atoms with van der Waals surface area (Å²) in [5, 5.41) is 0.523. The van der Waals surface area contributed by atoms with E-state index in [9.17, 15) is 4.39 Å². The summed E-state index contributed by atoms with van der Waals surface area (Å²) in [6, 6.07) is 4.57. The van der Waals surface area contributed by atoms with E-state index in [2.05, 4.69) is 20.8 Å². The highest BCUT2D eigenvalue weighted by Gasteiger charge is 2.13. The van der Waals surface area contributed by atoms with Crippen molar-refractivity contribution in [1.29, 1.82) is 0 Å². The molecule has 0 nitrogen and oxygen atoms in total. The zero-order chi connectivity index (χ0) is 12.1. The second-order valence-corrected chi connectivity index (χ2v) is 4.88. The Balaban J connectivity index is 0.000000921. The quantitative estimate of drug-likeness (QED) is 0.630. The van der Waals surface area contributed by atoms with E-state index in [-0.39, 0.29) is 11.2 Å². The zero-order valence-corrected chi connectivity index (χ0v) is 11.0. The molecule has 0 saturated heterocycles. The molecule has 2 heteroatoms. The van der Waals surface area contributed by atoms with Gasteiger partial charge in [0.2, 0.25) is 0 Å². The van der Waals surface area contributed by atoms with Gasteiger partial charge in [-0.2, -0.15) is 0 Å². The van der Waals surface area contributed by atoms with E-state index in [0.29, 0.717) is 5.02 Å². The fourth-order valence-electron chi connectivity index (χ4n) is 1.24. The number of hydrogen-bond donors (Lipinski definition) is 0. The van der Waals surface area contributed by atoms with E-state index in [4.69, 9.17) is 11.6 Å². The van der Waals surface area contributed by atoms with Crippen molar-refractivity contribution in [2.24, 2.45) is 5.41 Å². The Morgan fingerprint density at radius 2 is 1.73 bits per heavy atom. The lowest BCUT2D eigenvalue weighted by Gasteiger charge is -2.18. The maximum absolute atomic E-state index is 12.7. The van der Waals surface area contributed by atoms with Crippen LogP contribution < -0.4 is 0 Å². The molecule has 0 aliphatic carbocycles. The normalized spacial score (nSPS) is 10.6. The molecule has 1 aromatic rings. The van der Waals surface area contributed by atoms with Gasteiger partial charge in [-0.15, -0.1) is 0 Å². The monoisotopic (exact) mass is 230 g/mol. The minimum Gasteiger partial charge on any atom is -0.207 e. The van der Waals surface area contributed by atoms with Crippen molar-refractivity contribution in [1.82, 2.24) is 0 Å². The predicted octanol–water partition coefficient (Wildman–Crippen LogP) is 5.09. The maximum Gasteiger partial charge on any atom is 0.124 e. The van der Waals surface area contributed by atoms with Crippen molar-refractivity contribution in [3.63, 3.8) is 0 Å². The summed E-state index contributed by atoms with van der Waals surface area (Å²) < 4.78 is 12.7. The molecule has 0 aliphatic rings. The Bertz CT molecular complexity index is 300. The van der Waals surface area contributed by atoms with Gasteiger partial charge in [0.05, 0.1) is 0 Å². The fraction of sp³-hybridized carbons (Fsp3) is 0.538. The van der Waals surface area contributed by atoms with Gasteiger partial charge in [0, 0.05) is 5.02 Å². The third-order valence-corrected chi connectivity index (χ3v) is 2.09. The van der Waals surface area contributed by atoms with Crippen LogP contribution in [0.15, 0.2) is 18.2 Å². The van der Waals surface area contributed by atoms with E-state index in [1.807, 2.05) is 13.8 Å². The number of halogens is 2. The summed E-state index contributed by atoms with van der Waals surface area (Å²) >= 11 is 5.90. The molecule has 0 radical (unpaired) electrons. The van der Waals surface area contributed by atoms with E-state index in [0.717, 1.165) is 12.0 Å². The largest absolute Gasteiger partial charge is 0.207 e. The van der Waals surface area contributed by atoms with Crippen LogP contribution in [-0.2, 0) is 6.42 Å². The van der Waals surface area contributed by atoms with Gasteiger partial charge >= 0.3 is 0 Å². The van der Waals surface area contributed by atoms with Crippen LogP contribution in [0.3, 0.4) is 0 Å². The predicted molar refractivity (Wildman–Crippen MR) is 65.9 cm³/mol. The molecule has 0 aliphatic heterocycles. The first kappa shape index (κ1) is 14.4. The van der Waals surface area contributed by atoms with Crippen molar-refractivity contribution < 1.29 is 4.39 Å². The molecule has 0 heterocycles. The highest BCUT2D eigenvalue weighted by molar-refractivity contribution is 6.31. The Labute approximate surface area is 97.5 Å². The lowest BCUT2D eigenvalue weighted by atomic mass is 9.88. The minimum absolute atomic E-state index is 0.182. The smallest absolute Gasteiger partial charge is 0.124 e. The summed E-state index contributed by atoms with van der Waals surface area (Å²) in [6.45, 7) is 10.4. The second kappa shape index (κ2) is 6.12. The van der Waals surface area contributed by atoms with Crippen LogP contribution in [0.1, 0.15) is 40.2 Å². The minimum atomic E-state index is -0.275.